The van der Waals surface area contributed by atoms with Crippen molar-refractivity contribution in [2.75, 3.05) is 20.8 Å². The molecule has 3 heteroatoms. The van der Waals surface area contributed by atoms with Gasteiger partial charge < -0.3 is 14.8 Å². The van der Waals surface area contributed by atoms with Gasteiger partial charge in [-0.15, -0.1) is 0 Å². The predicted molar refractivity (Wildman–Crippen MR) is 82.8 cm³/mol. The van der Waals surface area contributed by atoms with E-state index in [0.29, 0.717) is 6.04 Å². The van der Waals surface area contributed by atoms with Gasteiger partial charge in [0.1, 0.15) is 0 Å². The molecule has 1 saturated carbocycles. The van der Waals surface area contributed by atoms with Gasteiger partial charge in [-0.25, -0.2) is 0 Å². The van der Waals surface area contributed by atoms with Crippen molar-refractivity contribution in [3.8, 4) is 11.5 Å². The molecule has 112 valence electrons. The Labute approximate surface area is 122 Å². The number of hydrogen-bond donors (Lipinski definition) is 1. The van der Waals surface area contributed by atoms with E-state index in [1.165, 1.54) is 18.4 Å². The molecule has 3 nitrogen and oxygen atoms in total. The third-order valence-electron chi connectivity index (χ3n) is 4.51. The molecule has 0 spiro atoms. The van der Waals surface area contributed by atoms with Crippen molar-refractivity contribution in [2.45, 2.75) is 45.1 Å². The minimum Gasteiger partial charge on any atom is -0.493 e. The third-order valence-corrected chi connectivity index (χ3v) is 4.51. The largest absolute Gasteiger partial charge is 0.493 e. The highest BCUT2D eigenvalue weighted by molar-refractivity contribution is 5.47. The van der Waals surface area contributed by atoms with E-state index in [1.807, 2.05) is 6.07 Å². The maximum absolute atomic E-state index is 5.45. The second-order valence-corrected chi connectivity index (χ2v) is 6.07. The van der Waals surface area contributed by atoms with Crippen LogP contribution in [0.25, 0.3) is 0 Å². The molecule has 1 N–H and O–H groups in total. The summed E-state index contributed by atoms with van der Waals surface area (Å²) in [7, 11) is 3.38. The number of rotatable bonds is 7. The highest BCUT2D eigenvalue weighted by Crippen LogP contribution is 2.56. The highest BCUT2D eigenvalue weighted by atomic mass is 16.5. The summed E-state index contributed by atoms with van der Waals surface area (Å²) in [5.74, 6) is 2.40. The molecule has 1 aromatic carbocycles. The first-order valence-electron chi connectivity index (χ1n) is 7.53. The smallest absolute Gasteiger partial charge is 0.161 e. The lowest BCUT2D eigenvalue weighted by Gasteiger charge is -2.22. The second kappa shape index (κ2) is 6.04. The van der Waals surface area contributed by atoms with Crippen LogP contribution in [0.4, 0.5) is 0 Å². The molecule has 1 aliphatic rings. The maximum Gasteiger partial charge on any atom is 0.161 e. The number of methoxy groups -OCH3 is 2. The fourth-order valence-corrected chi connectivity index (χ4v) is 3.12. The summed E-state index contributed by atoms with van der Waals surface area (Å²) in [6, 6.07) is 6.89. The summed E-state index contributed by atoms with van der Waals surface area (Å²) >= 11 is 0. The zero-order chi connectivity index (χ0) is 14.8. The van der Waals surface area contributed by atoms with Gasteiger partial charge in [-0.05, 0) is 30.0 Å². The van der Waals surface area contributed by atoms with Gasteiger partial charge in [0, 0.05) is 18.0 Å². The van der Waals surface area contributed by atoms with Crippen LogP contribution in [0.1, 0.15) is 39.2 Å². The van der Waals surface area contributed by atoms with Crippen LogP contribution in [-0.4, -0.2) is 26.8 Å². The van der Waals surface area contributed by atoms with Crippen LogP contribution in [0.15, 0.2) is 18.2 Å². The van der Waals surface area contributed by atoms with Crippen LogP contribution in [0, 0.1) is 5.92 Å². The highest BCUT2D eigenvalue weighted by Gasteiger charge is 2.53. The maximum atomic E-state index is 5.45. The first kappa shape index (κ1) is 15.2. The molecule has 0 aromatic heterocycles. The van der Waals surface area contributed by atoms with Gasteiger partial charge >= 0.3 is 0 Å². The number of nitrogens with one attached hydrogen (secondary N) is 1. The Morgan fingerprint density at radius 3 is 2.45 bits per heavy atom. The van der Waals surface area contributed by atoms with Gasteiger partial charge in [-0.1, -0.05) is 33.3 Å². The van der Waals surface area contributed by atoms with Crippen LogP contribution in [0.5, 0.6) is 11.5 Å². The Bertz CT molecular complexity index is 458. The van der Waals surface area contributed by atoms with Crippen molar-refractivity contribution >= 4 is 0 Å². The van der Waals surface area contributed by atoms with Gasteiger partial charge in [-0.2, -0.15) is 0 Å². The van der Waals surface area contributed by atoms with E-state index in [9.17, 15) is 0 Å². The summed E-state index contributed by atoms with van der Waals surface area (Å²) in [5.41, 5.74) is 1.65. The molecule has 2 atom stereocenters. The van der Waals surface area contributed by atoms with Gasteiger partial charge in [-0.3, -0.25) is 0 Å². The van der Waals surface area contributed by atoms with Crippen LogP contribution in [0.2, 0.25) is 0 Å². The molecular formula is C17H27NO2. The summed E-state index contributed by atoms with van der Waals surface area (Å²) in [6.07, 6.45) is 2.49. The Morgan fingerprint density at radius 1 is 1.25 bits per heavy atom. The van der Waals surface area contributed by atoms with Gasteiger partial charge in [0.05, 0.1) is 14.2 Å². The van der Waals surface area contributed by atoms with Crippen molar-refractivity contribution in [3.05, 3.63) is 23.8 Å². The van der Waals surface area contributed by atoms with Gasteiger partial charge in [0.15, 0.2) is 11.5 Å². The Morgan fingerprint density at radius 2 is 1.95 bits per heavy atom. The minimum atomic E-state index is 0.276. The molecule has 0 aliphatic heterocycles. The van der Waals surface area contributed by atoms with Crippen molar-refractivity contribution < 1.29 is 9.47 Å². The van der Waals surface area contributed by atoms with Crippen molar-refractivity contribution in [1.82, 2.24) is 5.32 Å². The first-order chi connectivity index (χ1) is 9.57. The van der Waals surface area contributed by atoms with Crippen LogP contribution >= 0.6 is 0 Å². The fourth-order valence-electron chi connectivity index (χ4n) is 3.12. The van der Waals surface area contributed by atoms with Crippen LogP contribution < -0.4 is 14.8 Å². The van der Waals surface area contributed by atoms with E-state index in [-0.39, 0.29) is 5.41 Å². The molecular weight excluding hydrogens is 250 g/mol. The lowest BCUT2D eigenvalue weighted by Crippen LogP contribution is -2.33. The molecule has 0 saturated heterocycles. The lowest BCUT2D eigenvalue weighted by molar-refractivity contribution is 0.353. The van der Waals surface area contributed by atoms with Crippen molar-refractivity contribution in [1.29, 1.82) is 0 Å². The molecule has 0 amide bonds. The summed E-state index contributed by atoms with van der Waals surface area (Å²) in [6.45, 7) is 7.72. The van der Waals surface area contributed by atoms with E-state index in [0.717, 1.165) is 24.0 Å². The molecule has 2 unspecified atom stereocenters. The van der Waals surface area contributed by atoms with Crippen LogP contribution in [0.3, 0.4) is 0 Å². The third kappa shape index (κ3) is 2.78. The summed E-state index contributed by atoms with van der Waals surface area (Å²) in [4.78, 5) is 0. The molecule has 0 heterocycles. The zero-order valence-corrected chi connectivity index (χ0v) is 13.3. The van der Waals surface area contributed by atoms with E-state index >= 15 is 0 Å². The second-order valence-electron chi connectivity index (χ2n) is 6.07. The average molecular weight is 277 g/mol. The topological polar surface area (TPSA) is 30.5 Å². The monoisotopic (exact) mass is 277 g/mol. The minimum absolute atomic E-state index is 0.276. The predicted octanol–water partition coefficient (Wildman–Crippen LogP) is 3.37. The average Bonchev–Trinajstić information content (AvgIpc) is 3.19. The van der Waals surface area contributed by atoms with Gasteiger partial charge in [0.2, 0.25) is 0 Å². The van der Waals surface area contributed by atoms with Crippen LogP contribution in [-0.2, 0) is 5.41 Å². The molecule has 2 rings (SSSR count). The molecule has 20 heavy (non-hydrogen) atoms. The Balaban J connectivity index is 2.26. The Kier molecular flexibility index (Phi) is 4.59. The molecule has 1 aromatic rings. The first-order valence-corrected chi connectivity index (χ1v) is 7.53. The van der Waals surface area contributed by atoms with Crippen molar-refractivity contribution in [3.63, 3.8) is 0 Å². The molecule has 0 bridgehead atoms. The zero-order valence-electron chi connectivity index (χ0n) is 13.3. The van der Waals surface area contributed by atoms with E-state index in [2.05, 4.69) is 38.2 Å². The standard InChI is InChI=1S/C17H27NO2/c1-6-13-10-17(13,11-18-12(2)3)14-7-8-15(19-4)16(9-14)20-5/h7-9,12-13,18H,6,10-11H2,1-5H3. The summed E-state index contributed by atoms with van der Waals surface area (Å²) in [5, 5.41) is 3.61. The molecule has 1 fully saturated rings. The van der Waals surface area contributed by atoms with Crippen molar-refractivity contribution in [2.24, 2.45) is 5.92 Å². The van der Waals surface area contributed by atoms with E-state index < -0.39 is 0 Å². The molecule has 0 radical (unpaired) electrons. The quantitative estimate of drug-likeness (QED) is 0.829. The molecule has 1 aliphatic carbocycles. The normalized spacial score (nSPS) is 24.8. The fraction of sp³-hybridized carbons (Fsp3) is 0.647. The summed E-state index contributed by atoms with van der Waals surface area (Å²) < 4.78 is 10.8. The number of ether oxygens (including phenoxy) is 2. The lowest BCUT2D eigenvalue weighted by atomic mass is 9.91. The Hall–Kier alpha value is -1.22. The van der Waals surface area contributed by atoms with E-state index in [4.69, 9.17) is 9.47 Å². The van der Waals surface area contributed by atoms with Gasteiger partial charge in [0.25, 0.3) is 0 Å². The SMILES string of the molecule is CCC1CC1(CNC(C)C)c1ccc(OC)c(OC)c1. The van der Waals surface area contributed by atoms with E-state index in [1.54, 1.807) is 14.2 Å². The number of benzene rings is 1. The number of hydrogen-bond acceptors (Lipinski definition) is 3.